The molecule has 0 bridgehead atoms. The highest BCUT2D eigenvalue weighted by molar-refractivity contribution is 6.68. The molecule has 1 N–H and O–H groups in total. The molecule has 0 spiro atoms. The predicted octanol–water partition coefficient (Wildman–Crippen LogP) is 3.22. The molecule has 0 aromatic heterocycles. The second-order valence-corrected chi connectivity index (χ2v) is 7.26. The lowest BCUT2D eigenvalue weighted by Crippen LogP contribution is -2.54. The van der Waals surface area contributed by atoms with Crippen LogP contribution in [0.2, 0.25) is 0 Å². The maximum Gasteiger partial charge on any atom is 0.252 e. The Bertz CT molecular complexity index is 482. The smallest absolute Gasteiger partial charge is 0.252 e. The largest absolute Gasteiger partial charge is 0.497 e. The number of halogens is 3. The fraction of sp³-hybridized carbons (Fsp3) is 0.500. The molecule has 0 saturated carbocycles. The van der Waals surface area contributed by atoms with E-state index in [1.807, 2.05) is 4.90 Å². The van der Waals surface area contributed by atoms with E-state index in [9.17, 15) is 4.79 Å². The van der Waals surface area contributed by atoms with Gasteiger partial charge in [0, 0.05) is 18.7 Å². The van der Waals surface area contributed by atoms with E-state index < -0.39 is 9.96 Å². The van der Waals surface area contributed by atoms with E-state index in [1.165, 1.54) is 0 Å². The highest BCUT2D eigenvalue weighted by Gasteiger charge is 2.39. The Morgan fingerprint density at radius 2 is 1.81 bits per heavy atom. The fourth-order valence-electron chi connectivity index (χ4n) is 2.33. The van der Waals surface area contributed by atoms with Crippen LogP contribution in [0.4, 0.5) is 0 Å². The van der Waals surface area contributed by atoms with E-state index in [0.29, 0.717) is 11.3 Å². The SMILES string of the molecule is COc1ccc(C(=O)NC(N2CCCC2)C(Cl)(Cl)Cl)cc1. The van der Waals surface area contributed by atoms with Gasteiger partial charge >= 0.3 is 0 Å². The third-order valence-corrected chi connectivity index (χ3v) is 4.06. The zero-order chi connectivity index (χ0) is 15.5. The van der Waals surface area contributed by atoms with Crippen LogP contribution in [0.25, 0.3) is 0 Å². The molecule has 0 aliphatic carbocycles. The predicted molar refractivity (Wildman–Crippen MR) is 85.3 cm³/mol. The molecule has 2 rings (SSSR count). The number of hydrogen-bond donors (Lipinski definition) is 1. The number of carbonyl (C=O) groups excluding carboxylic acids is 1. The lowest BCUT2D eigenvalue weighted by molar-refractivity contribution is 0.0874. The van der Waals surface area contributed by atoms with Crippen LogP contribution in [0.3, 0.4) is 0 Å². The Labute approximate surface area is 139 Å². The number of nitrogens with zero attached hydrogens (tertiary/aromatic N) is 1. The molecule has 1 aromatic rings. The number of carbonyl (C=O) groups is 1. The Morgan fingerprint density at radius 1 is 1.24 bits per heavy atom. The quantitative estimate of drug-likeness (QED) is 0.847. The van der Waals surface area contributed by atoms with Crippen molar-refractivity contribution in [2.24, 2.45) is 0 Å². The number of likely N-dealkylation sites (tertiary alicyclic amines) is 1. The molecule has 1 fully saturated rings. The van der Waals surface area contributed by atoms with E-state index in [-0.39, 0.29) is 5.91 Å². The van der Waals surface area contributed by atoms with Gasteiger partial charge in [-0.15, -0.1) is 0 Å². The molecular weight excluding hydrogens is 335 g/mol. The Kier molecular flexibility index (Phi) is 5.60. The molecule has 0 radical (unpaired) electrons. The molecule has 116 valence electrons. The van der Waals surface area contributed by atoms with Crippen molar-refractivity contribution in [3.8, 4) is 5.75 Å². The summed E-state index contributed by atoms with van der Waals surface area (Å²) >= 11 is 18.0. The van der Waals surface area contributed by atoms with Gasteiger partial charge < -0.3 is 10.1 Å². The van der Waals surface area contributed by atoms with Gasteiger partial charge in [0.15, 0.2) is 0 Å². The maximum atomic E-state index is 12.3. The van der Waals surface area contributed by atoms with Gasteiger partial charge in [0.25, 0.3) is 5.91 Å². The molecule has 1 amide bonds. The monoisotopic (exact) mass is 350 g/mol. The van der Waals surface area contributed by atoms with Crippen LogP contribution in [-0.2, 0) is 0 Å². The van der Waals surface area contributed by atoms with E-state index in [1.54, 1.807) is 31.4 Å². The molecular formula is C14H17Cl3N2O2. The zero-order valence-corrected chi connectivity index (χ0v) is 13.9. The van der Waals surface area contributed by atoms with Gasteiger partial charge in [-0.25, -0.2) is 0 Å². The van der Waals surface area contributed by atoms with Crippen LogP contribution in [-0.4, -0.2) is 41.0 Å². The standard InChI is InChI=1S/C14H17Cl3N2O2/c1-21-11-6-4-10(5-7-11)12(20)18-13(14(15,16)17)19-8-2-3-9-19/h4-7,13H,2-3,8-9H2,1H3,(H,18,20). The first kappa shape index (κ1) is 16.7. The first-order valence-corrected chi connectivity index (χ1v) is 7.81. The third-order valence-electron chi connectivity index (χ3n) is 3.44. The summed E-state index contributed by atoms with van der Waals surface area (Å²) in [5.74, 6) is 0.407. The van der Waals surface area contributed by atoms with Crippen molar-refractivity contribution in [3.05, 3.63) is 29.8 Å². The molecule has 1 atom stereocenters. The Balaban J connectivity index is 2.09. The lowest BCUT2D eigenvalue weighted by atomic mass is 10.2. The van der Waals surface area contributed by atoms with Crippen LogP contribution in [0.15, 0.2) is 24.3 Å². The number of hydrogen-bond acceptors (Lipinski definition) is 3. The van der Waals surface area contributed by atoms with Gasteiger partial charge in [0.05, 0.1) is 7.11 Å². The van der Waals surface area contributed by atoms with Crippen LogP contribution in [0.5, 0.6) is 5.75 Å². The minimum absolute atomic E-state index is 0.277. The second-order valence-electron chi connectivity index (χ2n) is 4.89. The molecule has 4 nitrogen and oxygen atoms in total. The average Bonchev–Trinajstić information content (AvgIpc) is 2.97. The number of rotatable bonds is 4. The van der Waals surface area contributed by atoms with Crippen LogP contribution in [0, 0.1) is 0 Å². The van der Waals surface area contributed by atoms with E-state index in [4.69, 9.17) is 39.5 Å². The first-order chi connectivity index (χ1) is 9.91. The molecule has 1 saturated heterocycles. The minimum atomic E-state index is -1.58. The molecule has 1 heterocycles. The van der Waals surface area contributed by atoms with Gasteiger partial charge in [0.1, 0.15) is 11.9 Å². The average molecular weight is 352 g/mol. The van der Waals surface area contributed by atoms with E-state index >= 15 is 0 Å². The van der Waals surface area contributed by atoms with E-state index in [2.05, 4.69) is 5.32 Å². The molecule has 1 unspecified atom stereocenters. The molecule has 1 aromatic carbocycles. The molecule has 21 heavy (non-hydrogen) atoms. The van der Waals surface area contributed by atoms with Crippen LogP contribution in [0.1, 0.15) is 23.2 Å². The highest BCUT2D eigenvalue weighted by Crippen LogP contribution is 2.33. The van der Waals surface area contributed by atoms with Gasteiger partial charge in [-0.1, -0.05) is 34.8 Å². The highest BCUT2D eigenvalue weighted by atomic mass is 35.6. The summed E-state index contributed by atoms with van der Waals surface area (Å²) in [6.07, 6.45) is 1.44. The van der Waals surface area contributed by atoms with Crippen molar-refractivity contribution in [2.45, 2.75) is 22.8 Å². The second kappa shape index (κ2) is 7.05. The summed E-state index contributed by atoms with van der Waals surface area (Å²) in [6.45, 7) is 1.61. The van der Waals surface area contributed by atoms with Crippen LogP contribution < -0.4 is 10.1 Å². The molecule has 7 heteroatoms. The fourth-order valence-corrected chi connectivity index (χ4v) is 2.91. The number of alkyl halides is 3. The summed E-state index contributed by atoms with van der Waals surface area (Å²) in [5, 5.41) is 2.80. The number of amides is 1. The maximum absolute atomic E-state index is 12.3. The zero-order valence-electron chi connectivity index (χ0n) is 11.6. The van der Waals surface area contributed by atoms with Crippen LogP contribution >= 0.6 is 34.8 Å². The van der Waals surface area contributed by atoms with Crippen molar-refractivity contribution in [2.75, 3.05) is 20.2 Å². The van der Waals surface area contributed by atoms with Crippen molar-refractivity contribution >= 4 is 40.7 Å². The number of benzene rings is 1. The van der Waals surface area contributed by atoms with Crippen molar-refractivity contribution in [1.82, 2.24) is 10.2 Å². The third kappa shape index (κ3) is 4.39. The number of ether oxygens (including phenoxy) is 1. The first-order valence-electron chi connectivity index (χ1n) is 6.67. The summed E-state index contributed by atoms with van der Waals surface area (Å²) < 4.78 is 3.49. The van der Waals surface area contributed by atoms with Gasteiger partial charge in [-0.2, -0.15) is 0 Å². The van der Waals surface area contributed by atoms with Gasteiger partial charge in [-0.3, -0.25) is 9.69 Å². The summed E-state index contributed by atoms with van der Waals surface area (Å²) in [6, 6.07) is 6.78. The Morgan fingerprint density at radius 3 is 2.29 bits per heavy atom. The molecule has 1 aliphatic rings. The number of methoxy groups -OCH3 is 1. The summed E-state index contributed by atoms with van der Waals surface area (Å²) in [7, 11) is 1.57. The van der Waals surface area contributed by atoms with Crippen molar-refractivity contribution in [3.63, 3.8) is 0 Å². The normalized spacial score (nSPS) is 17.5. The summed E-state index contributed by atoms with van der Waals surface area (Å²) in [4.78, 5) is 14.3. The number of nitrogens with one attached hydrogen (secondary N) is 1. The minimum Gasteiger partial charge on any atom is -0.497 e. The van der Waals surface area contributed by atoms with Gasteiger partial charge in [0.2, 0.25) is 3.79 Å². The Hall–Kier alpha value is -0.680. The van der Waals surface area contributed by atoms with Crippen molar-refractivity contribution < 1.29 is 9.53 Å². The van der Waals surface area contributed by atoms with Crippen molar-refractivity contribution in [1.29, 1.82) is 0 Å². The topological polar surface area (TPSA) is 41.6 Å². The van der Waals surface area contributed by atoms with E-state index in [0.717, 1.165) is 25.9 Å². The molecule has 1 aliphatic heterocycles. The van der Waals surface area contributed by atoms with Gasteiger partial charge in [-0.05, 0) is 37.1 Å². The lowest BCUT2D eigenvalue weighted by Gasteiger charge is -2.33. The summed E-state index contributed by atoms with van der Waals surface area (Å²) in [5.41, 5.74) is 0.495.